The molecule has 7 nitrogen and oxygen atoms in total. The molecule has 0 aliphatic heterocycles. The van der Waals surface area contributed by atoms with Crippen LogP contribution in [-0.4, -0.2) is 31.9 Å². The molecule has 2 heterocycles. The summed E-state index contributed by atoms with van der Waals surface area (Å²) in [7, 11) is 0. The van der Waals surface area contributed by atoms with Gasteiger partial charge in [-0.15, -0.1) is 11.3 Å². The molecule has 98 valence electrons. The average molecular weight is 279 g/mol. The van der Waals surface area contributed by atoms with Gasteiger partial charge in [-0.05, 0) is 12.8 Å². The highest BCUT2D eigenvalue weighted by atomic mass is 32.1. The summed E-state index contributed by atoms with van der Waals surface area (Å²) in [6, 6.07) is 0. The fourth-order valence-corrected chi connectivity index (χ4v) is 2.46. The van der Waals surface area contributed by atoms with Crippen molar-refractivity contribution in [1.29, 1.82) is 0 Å². The van der Waals surface area contributed by atoms with Crippen LogP contribution < -0.4 is 10.9 Å². The smallest absolute Gasteiger partial charge is 0.329 e. The Balaban J connectivity index is 1.96. The van der Waals surface area contributed by atoms with E-state index < -0.39 is 23.0 Å². The molecule has 0 atom stereocenters. The van der Waals surface area contributed by atoms with Crippen LogP contribution in [0.15, 0.2) is 22.6 Å². The molecule has 2 aromatic heterocycles. The number of carbonyl (C=O) groups excluding carboxylic acids is 1. The third-order valence-electron chi connectivity index (χ3n) is 3.10. The van der Waals surface area contributed by atoms with Crippen molar-refractivity contribution in [2.75, 3.05) is 0 Å². The van der Waals surface area contributed by atoms with E-state index in [2.05, 4.69) is 10.3 Å². The maximum absolute atomic E-state index is 12.0. The summed E-state index contributed by atoms with van der Waals surface area (Å²) >= 11 is 1.28. The minimum absolute atomic E-state index is 0.150. The first-order valence-electron chi connectivity index (χ1n) is 5.54. The van der Waals surface area contributed by atoms with Crippen LogP contribution in [0, 0.1) is 0 Å². The number of carboxylic acids is 1. The van der Waals surface area contributed by atoms with Gasteiger partial charge in [0.2, 0.25) is 0 Å². The predicted molar refractivity (Wildman–Crippen MR) is 66.4 cm³/mol. The Morgan fingerprint density at radius 1 is 1.47 bits per heavy atom. The Morgan fingerprint density at radius 3 is 2.84 bits per heavy atom. The van der Waals surface area contributed by atoms with Gasteiger partial charge < -0.3 is 10.4 Å². The van der Waals surface area contributed by atoms with Crippen LogP contribution in [0.1, 0.15) is 23.2 Å². The molecule has 0 spiro atoms. The highest BCUT2D eigenvalue weighted by Gasteiger charge is 2.51. The fraction of sp³-hybridized carbons (Fsp3) is 0.273. The van der Waals surface area contributed by atoms with Gasteiger partial charge >= 0.3 is 5.97 Å². The van der Waals surface area contributed by atoms with Gasteiger partial charge in [0.1, 0.15) is 11.1 Å². The first kappa shape index (κ1) is 11.8. The lowest BCUT2D eigenvalue weighted by Crippen LogP contribution is -2.44. The normalized spacial score (nSPS) is 16.2. The molecule has 2 aromatic rings. The molecular weight excluding hydrogens is 270 g/mol. The second-order valence-corrected chi connectivity index (χ2v) is 5.25. The standard InChI is InChI=1S/C11H9N3O4S/c15-7(13-11(1-2-11)9(17)18)6-5-12-10-14(8(6)16)3-4-19-10/h3-5H,1-2H2,(H,13,15)(H,17,18). The van der Waals surface area contributed by atoms with Crippen molar-refractivity contribution in [3.05, 3.63) is 33.7 Å². The van der Waals surface area contributed by atoms with Crippen molar-refractivity contribution < 1.29 is 14.7 Å². The highest BCUT2D eigenvalue weighted by molar-refractivity contribution is 7.15. The van der Waals surface area contributed by atoms with Crippen LogP contribution in [0.3, 0.4) is 0 Å². The number of aromatic nitrogens is 2. The topological polar surface area (TPSA) is 101 Å². The number of hydrogen-bond donors (Lipinski definition) is 2. The van der Waals surface area contributed by atoms with Crippen molar-refractivity contribution in [1.82, 2.24) is 14.7 Å². The molecule has 0 saturated heterocycles. The molecule has 1 aliphatic carbocycles. The van der Waals surface area contributed by atoms with Crippen molar-refractivity contribution >= 4 is 28.2 Å². The quantitative estimate of drug-likeness (QED) is 0.830. The first-order valence-corrected chi connectivity index (χ1v) is 6.42. The van der Waals surface area contributed by atoms with Gasteiger partial charge in [0.05, 0.1) is 0 Å². The molecular formula is C11H9N3O4S. The Kier molecular flexibility index (Phi) is 2.42. The maximum atomic E-state index is 12.0. The fourth-order valence-electron chi connectivity index (χ4n) is 1.78. The zero-order valence-electron chi connectivity index (χ0n) is 9.62. The van der Waals surface area contributed by atoms with Gasteiger partial charge in [0.15, 0.2) is 4.96 Å². The number of thiazole rings is 1. The summed E-state index contributed by atoms with van der Waals surface area (Å²) in [4.78, 5) is 39.5. The average Bonchev–Trinajstić information content (AvgIpc) is 2.99. The summed E-state index contributed by atoms with van der Waals surface area (Å²) in [5.74, 6) is -1.77. The lowest BCUT2D eigenvalue weighted by atomic mass is 10.2. The minimum Gasteiger partial charge on any atom is -0.480 e. The Hall–Kier alpha value is -2.22. The second kappa shape index (κ2) is 3.89. The van der Waals surface area contributed by atoms with E-state index in [4.69, 9.17) is 5.11 Å². The Labute approximate surface area is 110 Å². The number of rotatable bonds is 3. The summed E-state index contributed by atoms with van der Waals surface area (Å²) in [5.41, 5.74) is -1.86. The number of nitrogens with zero attached hydrogens (tertiary/aromatic N) is 2. The van der Waals surface area contributed by atoms with Crippen molar-refractivity contribution in [3.8, 4) is 0 Å². The molecule has 1 aliphatic rings. The molecule has 3 rings (SSSR count). The predicted octanol–water partition coefficient (Wildman–Crippen LogP) is 0.103. The van der Waals surface area contributed by atoms with Crippen LogP contribution in [0.4, 0.5) is 0 Å². The van der Waals surface area contributed by atoms with Gasteiger partial charge in [0.25, 0.3) is 11.5 Å². The van der Waals surface area contributed by atoms with Gasteiger partial charge in [-0.1, -0.05) is 0 Å². The summed E-state index contributed by atoms with van der Waals surface area (Å²) in [6.07, 6.45) is 3.46. The van der Waals surface area contributed by atoms with E-state index in [-0.39, 0.29) is 5.56 Å². The first-order chi connectivity index (χ1) is 9.03. The lowest BCUT2D eigenvalue weighted by Gasteiger charge is -2.11. The molecule has 0 radical (unpaired) electrons. The van der Waals surface area contributed by atoms with Crippen LogP contribution in [0.5, 0.6) is 0 Å². The number of carboxylic acid groups (broad SMARTS) is 1. The van der Waals surface area contributed by atoms with E-state index in [1.807, 2.05) is 0 Å². The second-order valence-electron chi connectivity index (χ2n) is 4.37. The van der Waals surface area contributed by atoms with Crippen molar-refractivity contribution in [2.45, 2.75) is 18.4 Å². The number of aliphatic carboxylic acids is 1. The van der Waals surface area contributed by atoms with Gasteiger partial charge in [-0.25, -0.2) is 9.78 Å². The number of fused-ring (bicyclic) bond motifs is 1. The van der Waals surface area contributed by atoms with E-state index in [1.54, 1.807) is 5.38 Å². The number of amides is 1. The third-order valence-corrected chi connectivity index (χ3v) is 3.87. The van der Waals surface area contributed by atoms with Gasteiger partial charge in [-0.3, -0.25) is 14.0 Å². The Bertz CT molecular complexity index is 744. The molecule has 19 heavy (non-hydrogen) atoms. The maximum Gasteiger partial charge on any atom is 0.329 e. The van der Waals surface area contributed by atoms with E-state index in [9.17, 15) is 14.4 Å². The van der Waals surface area contributed by atoms with E-state index >= 15 is 0 Å². The third kappa shape index (κ3) is 1.80. The molecule has 0 aromatic carbocycles. The van der Waals surface area contributed by atoms with E-state index in [1.165, 1.54) is 28.1 Å². The van der Waals surface area contributed by atoms with Gasteiger partial charge in [0, 0.05) is 17.8 Å². The molecule has 2 N–H and O–H groups in total. The summed E-state index contributed by atoms with van der Waals surface area (Å²) < 4.78 is 1.26. The van der Waals surface area contributed by atoms with Crippen LogP contribution in [-0.2, 0) is 4.79 Å². The number of nitrogens with one attached hydrogen (secondary N) is 1. The van der Waals surface area contributed by atoms with E-state index in [0.717, 1.165) is 0 Å². The molecule has 0 bridgehead atoms. The van der Waals surface area contributed by atoms with Crippen molar-refractivity contribution in [2.24, 2.45) is 0 Å². The minimum atomic E-state index is -1.21. The molecule has 0 unspecified atom stereocenters. The number of carbonyl (C=O) groups is 2. The van der Waals surface area contributed by atoms with Crippen LogP contribution in [0.2, 0.25) is 0 Å². The zero-order valence-corrected chi connectivity index (χ0v) is 10.4. The summed E-state index contributed by atoms with van der Waals surface area (Å²) in [5, 5.41) is 13.1. The molecule has 1 fully saturated rings. The lowest BCUT2D eigenvalue weighted by molar-refractivity contribution is -0.140. The van der Waals surface area contributed by atoms with Crippen LogP contribution in [0.25, 0.3) is 4.96 Å². The number of hydrogen-bond acceptors (Lipinski definition) is 5. The molecule has 1 amide bonds. The van der Waals surface area contributed by atoms with Gasteiger partial charge in [-0.2, -0.15) is 0 Å². The summed E-state index contributed by atoms with van der Waals surface area (Å²) in [6.45, 7) is 0. The largest absolute Gasteiger partial charge is 0.480 e. The van der Waals surface area contributed by atoms with E-state index in [0.29, 0.717) is 17.8 Å². The Morgan fingerprint density at radius 2 is 2.21 bits per heavy atom. The molecule has 8 heteroatoms. The van der Waals surface area contributed by atoms with Crippen LogP contribution >= 0.6 is 11.3 Å². The highest BCUT2D eigenvalue weighted by Crippen LogP contribution is 2.35. The SMILES string of the molecule is O=C(NC1(C(=O)O)CC1)c1cnc2sccn2c1=O. The van der Waals surface area contributed by atoms with Crippen molar-refractivity contribution in [3.63, 3.8) is 0 Å². The molecule has 1 saturated carbocycles. The monoisotopic (exact) mass is 279 g/mol. The zero-order chi connectivity index (χ0) is 13.6.